The summed E-state index contributed by atoms with van der Waals surface area (Å²) in [4.78, 5) is 39.4. The summed E-state index contributed by atoms with van der Waals surface area (Å²) < 4.78 is 1.50. The van der Waals surface area contributed by atoms with Gasteiger partial charge >= 0.3 is 0 Å². The van der Waals surface area contributed by atoms with Crippen molar-refractivity contribution < 1.29 is 4.79 Å². The summed E-state index contributed by atoms with van der Waals surface area (Å²) in [5.41, 5.74) is 1.98. The second kappa shape index (κ2) is 9.00. The zero-order chi connectivity index (χ0) is 23.8. The number of pyridine rings is 1. The van der Waals surface area contributed by atoms with Gasteiger partial charge in [-0.3, -0.25) is 14.5 Å². The van der Waals surface area contributed by atoms with Gasteiger partial charge in [0.25, 0.3) is 5.56 Å². The van der Waals surface area contributed by atoms with Gasteiger partial charge in [-0.1, -0.05) is 23.7 Å². The fourth-order valence-electron chi connectivity index (χ4n) is 4.42. The molecule has 0 N–H and O–H groups in total. The first kappa shape index (κ1) is 22.3. The van der Waals surface area contributed by atoms with Crippen molar-refractivity contribution in [1.29, 1.82) is 0 Å². The smallest absolute Gasteiger partial charge is 0.267 e. The fraction of sp³-hybridized carbons (Fsp3) is 0.231. The van der Waals surface area contributed by atoms with E-state index in [0.29, 0.717) is 34.1 Å². The van der Waals surface area contributed by atoms with Crippen LogP contribution in [0.4, 0.5) is 5.69 Å². The second-order valence-corrected chi connectivity index (χ2v) is 9.02. The van der Waals surface area contributed by atoms with E-state index in [-0.39, 0.29) is 17.5 Å². The van der Waals surface area contributed by atoms with Crippen LogP contribution in [0, 0.1) is 0 Å². The number of benzene rings is 2. The number of hydrogen-bond donors (Lipinski definition) is 0. The number of anilines is 1. The minimum atomic E-state index is -0.209. The second-order valence-electron chi connectivity index (χ2n) is 8.59. The molecule has 1 atom stereocenters. The van der Waals surface area contributed by atoms with Crippen molar-refractivity contribution in [3.05, 3.63) is 82.2 Å². The Morgan fingerprint density at radius 3 is 2.47 bits per heavy atom. The van der Waals surface area contributed by atoms with E-state index < -0.39 is 0 Å². The average molecular weight is 474 g/mol. The first-order valence-corrected chi connectivity index (χ1v) is 11.5. The van der Waals surface area contributed by atoms with Gasteiger partial charge in [-0.15, -0.1) is 0 Å². The van der Waals surface area contributed by atoms with E-state index in [0.717, 1.165) is 24.1 Å². The molecule has 5 rings (SSSR count). The van der Waals surface area contributed by atoms with Crippen LogP contribution in [0.1, 0.15) is 12.8 Å². The number of fused-ring (bicyclic) bond motifs is 1. The van der Waals surface area contributed by atoms with E-state index in [2.05, 4.69) is 4.98 Å². The van der Waals surface area contributed by atoms with Gasteiger partial charge in [0.15, 0.2) is 0 Å². The molecule has 1 fully saturated rings. The van der Waals surface area contributed by atoms with Crippen molar-refractivity contribution in [3.8, 4) is 17.2 Å². The molecular formula is C26H24ClN5O2. The van der Waals surface area contributed by atoms with Gasteiger partial charge in [0.2, 0.25) is 5.91 Å². The summed E-state index contributed by atoms with van der Waals surface area (Å²) >= 11 is 6.02. The number of hydrogen-bond acceptors (Lipinski definition) is 5. The molecule has 0 radical (unpaired) electrons. The highest BCUT2D eigenvalue weighted by molar-refractivity contribution is 6.30. The molecule has 8 heteroatoms. The zero-order valence-corrected chi connectivity index (χ0v) is 19.7. The van der Waals surface area contributed by atoms with Gasteiger partial charge in [0.1, 0.15) is 11.6 Å². The minimum absolute atomic E-state index is 0.107. The summed E-state index contributed by atoms with van der Waals surface area (Å²) in [5, 5.41) is 0.993. The van der Waals surface area contributed by atoms with Gasteiger partial charge in [-0.05, 0) is 75.5 Å². The Morgan fingerprint density at radius 1 is 1.00 bits per heavy atom. The largest absolute Gasteiger partial charge is 0.311 e. The van der Waals surface area contributed by atoms with Crippen LogP contribution >= 0.6 is 11.6 Å². The predicted octanol–water partition coefficient (Wildman–Crippen LogP) is 4.16. The molecule has 1 amide bonds. The van der Waals surface area contributed by atoms with E-state index in [4.69, 9.17) is 16.6 Å². The molecule has 4 aromatic rings. The number of piperidine rings is 1. The molecule has 1 unspecified atom stereocenters. The van der Waals surface area contributed by atoms with Gasteiger partial charge < -0.3 is 4.90 Å². The normalized spacial score (nSPS) is 16.4. The molecule has 1 aliphatic rings. The first-order valence-electron chi connectivity index (χ1n) is 11.2. The average Bonchev–Trinajstić information content (AvgIpc) is 2.85. The van der Waals surface area contributed by atoms with Crippen LogP contribution in [0.2, 0.25) is 5.02 Å². The molecule has 3 heterocycles. The Balaban J connectivity index is 1.60. The highest BCUT2D eigenvalue weighted by Gasteiger charge is 2.31. The number of amides is 1. The Hall–Kier alpha value is -3.55. The summed E-state index contributed by atoms with van der Waals surface area (Å²) in [6.07, 6.45) is 3.32. The number of rotatable bonds is 4. The van der Waals surface area contributed by atoms with Crippen molar-refractivity contribution in [3.63, 3.8) is 0 Å². The molecule has 2 aromatic heterocycles. The number of para-hydroxylation sites is 1. The van der Waals surface area contributed by atoms with Crippen LogP contribution in [-0.4, -0.2) is 52.0 Å². The Kier molecular flexibility index (Phi) is 5.89. The van der Waals surface area contributed by atoms with Crippen molar-refractivity contribution >= 4 is 34.1 Å². The molecule has 172 valence electrons. The predicted molar refractivity (Wildman–Crippen MR) is 135 cm³/mol. The summed E-state index contributed by atoms with van der Waals surface area (Å²) in [6.45, 7) is 0.691. The number of carbonyl (C=O) groups excluding carboxylic acids is 1. The van der Waals surface area contributed by atoms with Crippen molar-refractivity contribution in [2.24, 2.45) is 0 Å². The third kappa shape index (κ3) is 3.97. The third-order valence-corrected chi connectivity index (χ3v) is 6.41. The third-order valence-electron chi connectivity index (χ3n) is 6.19. The lowest BCUT2D eigenvalue weighted by Crippen LogP contribution is -2.50. The van der Waals surface area contributed by atoms with Crippen molar-refractivity contribution in [2.75, 3.05) is 25.5 Å². The number of carbonyl (C=O) groups is 1. The number of nitrogens with zero attached hydrogens (tertiary/aromatic N) is 5. The number of aromatic nitrogens is 3. The van der Waals surface area contributed by atoms with E-state index >= 15 is 0 Å². The number of halogens is 1. The summed E-state index contributed by atoms with van der Waals surface area (Å²) in [7, 11) is 3.87. The Bertz CT molecular complexity index is 1410. The highest BCUT2D eigenvalue weighted by atomic mass is 35.5. The zero-order valence-electron chi connectivity index (χ0n) is 19.0. The van der Waals surface area contributed by atoms with Crippen LogP contribution < -0.4 is 10.5 Å². The summed E-state index contributed by atoms with van der Waals surface area (Å²) in [6, 6.07) is 18.1. The quantitative estimate of drug-likeness (QED) is 0.445. The Labute approximate surface area is 202 Å². The van der Waals surface area contributed by atoms with E-state index in [1.54, 1.807) is 18.2 Å². The lowest BCUT2D eigenvalue weighted by molar-refractivity contribution is -0.124. The van der Waals surface area contributed by atoms with Crippen LogP contribution in [0.5, 0.6) is 0 Å². The van der Waals surface area contributed by atoms with Crippen LogP contribution in [-0.2, 0) is 4.79 Å². The Morgan fingerprint density at radius 2 is 1.76 bits per heavy atom. The van der Waals surface area contributed by atoms with Crippen LogP contribution in [0.3, 0.4) is 0 Å². The number of likely N-dealkylation sites (N-methyl/N-ethyl adjacent to an activating group) is 1. The van der Waals surface area contributed by atoms with Gasteiger partial charge in [0, 0.05) is 24.0 Å². The topological polar surface area (TPSA) is 71.3 Å². The SMILES string of the molecule is CN(C)C1CCCN(c2ccc(-c3nc4ccccc4c(=O)n3-c3ccc(Cl)cn3)cc2)C1=O. The van der Waals surface area contributed by atoms with Crippen LogP contribution in [0.15, 0.2) is 71.7 Å². The lowest BCUT2D eigenvalue weighted by Gasteiger charge is -2.35. The van der Waals surface area contributed by atoms with E-state index in [1.165, 1.54) is 10.8 Å². The molecule has 0 spiro atoms. The maximum absolute atomic E-state index is 13.5. The molecular weight excluding hydrogens is 450 g/mol. The van der Waals surface area contributed by atoms with Crippen LogP contribution in [0.25, 0.3) is 28.1 Å². The van der Waals surface area contributed by atoms with Crippen molar-refractivity contribution in [2.45, 2.75) is 18.9 Å². The molecule has 1 saturated heterocycles. The van der Waals surface area contributed by atoms with Crippen molar-refractivity contribution in [1.82, 2.24) is 19.4 Å². The molecule has 7 nitrogen and oxygen atoms in total. The van der Waals surface area contributed by atoms with Gasteiger partial charge in [-0.25, -0.2) is 14.5 Å². The van der Waals surface area contributed by atoms with Gasteiger partial charge in [0.05, 0.1) is 22.0 Å². The molecule has 2 aromatic carbocycles. The monoisotopic (exact) mass is 473 g/mol. The maximum atomic E-state index is 13.5. The summed E-state index contributed by atoms with van der Waals surface area (Å²) in [5.74, 6) is 1.02. The first-order chi connectivity index (χ1) is 16.4. The maximum Gasteiger partial charge on any atom is 0.267 e. The molecule has 0 aliphatic carbocycles. The van der Waals surface area contributed by atoms with Gasteiger partial charge in [-0.2, -0.15) is 0 Å². The fourth-order valence-corrected chi connectivity index (χ4v) is 4.53. The van der Waals surface area contributed by atoms with E-state index in [1.807, 2.05) is 66.4 Å². The minimum Gasteiger partial charge on any atom is -0.311 e. The molecule has 0 saturated carbocycles. The molecule has 0 bridgehead atoms. The molecule has 1 aliphatic heterocycles. The standard InChI is InChI=1S/C26H24ClN5O2/c1-30(2)22-8-5-15-31(26(22)34)19-12-9-17(10-13-19)24-29-21-7-4-3-6-20(21)25(33)32(24)23-14-11-18(27)16-28-23/h3-4,6-7,9-14,16,22H,5,8,15H2,1-2H3. The highest BCUT2D eigenvalue weighted by Crippen LogP contribution is 2.27. The van der Waals surface area contributed by atoms with E-state index in [9.17, 15) is 9.59 Å². The molecule has 34 heavy (non-hydrogen) atoms. The lowest BCUT2D eigenvalue weighted by atomic mass is 10.0.